The van der Waals surface area contributed by atoms with Crippen LogP contribution >= 0.6 is 11.6 Å². The third-order valence-electron chi connectivity index (χ3n) is 5.66. The van der Waals surface area contributed by atoms with Crippen molar-refractivity contribution in [1.29, 1.82) is 0 Å². The smallest absolute Gasteiger partial charge is 0.254 e. The second-order valence-electron chi connectivity index (χ2n) is 8.48. The van der Waals surface area contributed by atoms with Gasteiger partial charge in [-0.15, -0.1) is 11.6 Å². The highest BCUT2D eigenvalue weighted by Crippen LogP contribution is 2.22. The number of carbonyl (C=O) groups is 1. The van der Waals surface area contributed by atoms with E-state index >= 15 is 0 Å². The zero-order valence-corrected chi connectivity index (χ0v) is 24.4. The van der Waals surface area contributed by atoms with Crippen LogP contribution in [-0.2, 0) is 0 Å². The molecule has 0 bridgehead atoms. The van der Waals surface area contributed by atoms with Gasteiger partial charge in [0.1, 0.15) is 0 Å². The highest BCUT2D eigenvalue weighted by Gasteiger charge is 2.32. The summed E-state index contributed by atoms with van der Waals surface area (Å²) in [6, 6.07) is 8.53. The minimum atomic E-state index is 0.116. The molecule has 36 heavy (non-hydrogen) atoms. The predicted molar refractivity (Wildman–Crippen MR) is 157 cm³/mol. The Bertz CT molecular complexity index is 979. The molecule has 0 saturated carbocycles. The maximum absolute atomic E-state index is 13.2. The standard InChI is InChI=1S/C23H32N4O.C3H5F.C2H6.CH3Cl/c1-7-8-17(2)14-25-15-19(4)26(16-18(25)3)23(28)21-9-10-22-20(13-21)11-12-27(22)24(5)6;1-2-3-4;2*1-2/h7-13,18-19H,2,14-16H2,1,3-6H3;2-3H,1H3;1-2H3;1H3/b8-7-;3-2+;;/t18-,19?;;;/m0.../s1. The normalized spacial score (nSPS) is 17.6. The SMILES string of the molecule is C/C=C/F.C=C(/C=C\C)CN1CC(C)N(C(=O)c2ccc3c(ccn3N(C)C)c2)C[C@@H]1C.CC.CCl. The first-order valence-corrected chi connectivity index (χ1v) is 13.2. The van der Waals surface area contributed by atoms with Crippen molar-refractivity contribution in [2.75, 3.05) is 45.1 Å². The maximum Gasteiger partial charge on any atom is 0.254 e. The molecule has 0 spiro atoms. The summed E-state index contributed by atoms with van der Waals surface area (Å²) in [5, 5.41) is 3.11. The lowest BCUT2D eigenvalue weighted by Gasteiger charge is -2.44. The van der Waals surface area contributed by atoms with Gasteiger partial charge in [-0.2, -0.15) is 0 Å². The van der Waals surface area contributed by atoms with Crippen molar-refractivity contribution in [3.8, 4) is 0 Å². The fraction of sp³-hybridized carbons (Fsp3) is 0.483. The molecular formula is C29H46ClFN4O. The number of piperazine rings is 1. The van der Waals surface area contributed by atoms with E-state index < -0.39 is 0 Å². The van der Waals surface area contributed by atoms with Gasteiger partial charge in [-0.1, -0.05) is 38.7 Å². The summed E-state index contributed by atoms with van der Waals surface area (Å²) < 4.78 is 12.6. The summed E-state index contributed by atoms with van der Waals surface area (Å²) in [6.45, 7) is 18.5. The molecule has 1 aromatic heterocycles. The van der Waals surface area contributed by atoms with Crippen LogP contribution < -0.4 is 5.01 Å². The van der Waals surface area contributed by atoms with Gasteiger partial charge in [0.05, 0.1) is 11.8 Å². The number of benzene rings is 1. The number of rotatable bonds is 5. The Morgan fingerprint density at radius 3 is 2.25 bits per heavy atom. The van der Waals surface area contributed by atoms with Crippen molar-refractivity contribution in [3.05, 3.63) is 72.7 Å². The summed E-state index contributed by atoms with van der Waals surface area (Å²) in [4.78, 5) is 17.7. The lowest BCUT2D eigenvalue weighted by atomic mass is 10.0. The van der Waals surface area contributed by atoms with E-state index in [9.17, 15) is 9.18 Å². The van der Waals surface area contributed by atoms with Gasteiger partial charge in [0.25, 0.3) is 5.91 Å². The fourth-order valence-corrected chi connectivity index (χ4v) is 4.03. The van der Waals surface area contributed by atoms with E-state index in [1.54, 1.807) is 6.92 Å². The molecule has 1 fully saturated rings. The second kappa shape index (κ2) is 17.8. The first-order valence-electron chi connectivity index (χ1n) is 12.5. The van der Waals surface area contributed by atoms with Crippen LogP contribution in [0.15, 0.2) is 67.2 Å². The molecule has 2 heterocycles. The number of alkyl halides is 1. The Balaban J connectivity index is 0.00000137. The van der Waals surface area contributed by atoms with Gasteiger partial charge in [0, 0.05) is 69.3 Å². The van der Waals surface area contributed by atoms with Crippen LogP contribution in [-0.4, -0.2) is 72.6 Å². The number of allylic oxidation sites excluding steroid dienone is 2. The molecule has 2 atom stereocenters. The number of aromatic nitrogens is 1. The number of carbonyl (C=O) groups excluding carboxylic acids is 1. The van der Waals surface area contributed by atoms with Crippen molar-refractivity contribution in [3.63, 3.8) is 0 Å². The highest BCUT2D eigenvalue weighted by molar-refractivity contribution is 6.15. The zero-order chi connectivity index (χ0) is 27.8. The lowest BCUT2D eigenvalue weighted by Crippen LogP contribution is -2.58. The van der Waals surface area contributed by atoms with Crippen LogP contribution in [0.2, 0.25) is 0 Å². The number of hydrogen-bond donors (Lipinski definition) is 0. The fourth-order valence-electron chi connectivity index (χ4n) is 4.03. The highest BCUT2D eigenvalue weighted by atomic mass is 35.5. The van der Waals surface area contributed by atoms with Crippen molar-refractivity contribution in [2.24, 2.45) is 0 Å². The summed E-state index contributed by atoms with van der Waals surface area (Å²) in [5.41, 5.74) is 2.97. The van der Waals surface area contributed by atoms with Gasteiger partial charge in [-0.25, -0.2) is 4.39 Å². The minimum absolute atomic E-state index is 0.116. The minimum Gasteiger partial charge on any atom is -0.333 e. The molecule has 2 aromatic rings. The predicted octanol–water partition coefficient (Wildman–Crippen LogP) is 6.88. The number of fused-ring (bicyclic) bond motifs is 1. The largest absolute Gasteiger partial charge is 0.333 e. The maximum atomic E-state index is 13.2. The van der Waals surface area contributed by atoms with Crippen molar-refractivity contribution < 1.29 is 9.18 Å². The first-order chi connectivity index (χ1) is 17.2. The van der Waals surface area contributed by atoms with Gasteiger partial charge >= 0.3 is 0 Å². The van der Waals surface area contributed by atoms with E-state index in [2.05, 4.69) is 53.7 Å². The number of halogens is 2. The van der Waals surface area contributed by atoms with Crippen LogP contribution in [0.5, 0.6) is 0 Å². The van der Waals surface area contributed by atoms with Gasteiger partial charge in [0.15, 0.2) is 0 Å². The number of amides is 1. The number of nitrogens with zero attached hydrogens (tertiary/aromatic N) is 4. The molecule has 202 valence electrons. The van der Waals surface area contributed by atoms with Crippen LogP contribution in [0.4, 0.5) is 4.39 Å². The molecule has 1 aliphatic rings. The third kappa shape index (κ3) is 9.47. The summed E-state index contributed by atoms with van der Waals surface area (Å²) >= 11 is 4.64. The molecular weight excluding hydrogens is 475 g/mol. The molecule has 5 nitrogen and oxygen atoms in total. The van der Waals surface area contributed by atoms with Crippen LogP contribution in [0.3, 0.4) is 0 Å². The van der Waals surface area contributed by atoms with Gasteiger partial charge < -0.3 is 9.91 Å². The summed E-state index contributed by atoms with van der Waals surface area (Å²) in [5.74, 6) is 0.116. The number of hydrogen-bond acceptors (Lipinski definition) is 3. The summed E-state index contributed by atoms with van der Waals surface area (Å²) in [7, 11) is 4.01. The van der Waals surface area contributed by atoms with Crippen molar-refractivity contribution in [2.45, 2.75) is 53.6 Å². The van der Waals surface area contributed by atoms with Gasteiger partial charge in [0.2, 0.25) is 0 Å². The molecule has 1 amide bonds. The molecule has 1 saturated heterocycles. The Labute approximate surface area is 223 Å². The van der Waals surface area contributed by atoms with E-state index in [4.69, 9.17) is 0 Å². The average molecular weight is 521 g/mol. The van der Waals surface area contributed by atoms with E-state index in [1.807, 2.05) is 75.2 Å². The summed E-state index contributed by atoms with van der Waals surface area (Å²) in [6.07, 6.45) is 9.42. The van der Waals surface area contributed by atoms with E-state index in [0.717, 1.165) is 41.7 Å². The topological polar surface area (TPSA) is 31.7 Å². The first kappa shape index (κ1) is 33.4. The molecule has 1 aromatic carbocycles. The van der Waals surface area contributed by atoms with Gasteiger partial charge in [-0.3, -0.25) is 14.4 Å². The van der Waals surface area contributed by atoms with E-state index in [0.29, 0.717) is 12.4 Å². The third-order valence-corrected chi connectivity index (χ3v) is 5.66. The molecule has 1 unspecified atom stereocenters. The molecule has 0 radical (unpaired) electrons. The monoisotopic (exact) mass is 520 g/mol. The Hall–Kier alpha value is -2.57. The van der Waals surface area contributed by atoms with Gasteiger partial charge in [-0.05, 0) is 57.5 Å². The van der Waals surface area contributed by atoms with Crippen molar-refractivity contribution in [1.82, 2.24) is 14.5 Å². The van der Waals surface area contributed by atoms with Crippen LogP contribution in [0.1, 0.15) is 51.9 Å². The quantitative estimate of drug-likeness (QED) is 0.318. The Morgan fingerprint density at radius 1 is 1.11 bits per heavy atom. The van der Waals surface area contributed by atoms with Crippen LogP contribution in [0.25, 0.3) is 10.9 Å². The van der Waals surface area contributed by atoms with Crippen molar-refractivity contribution >= 4 is 28.4 Å². The molecule has 1 aliphatic heterocycles. The molecule has 0 aliphatic carbocycles. The van der Waals surface area contributed by atoms with Crippen LogP contribution in [0, 0.1) is 0 Å². The zero-order valence-electron chi connectivity index (χ0n) is 23.6. The molecule has 3 rings (SSSR count). The second-order valence-corrected chi connectivity index (χ2v) is 8.48. The Morgan fingerprint density at radius 2 is 1.72 bits per heavy atom. The average Bonchev–Trinajstić information content (AvgIpc) is 3.32. The molecule has 7 heteroatoms. The molecule has 0 N–H and O–H groups in total. The Kier molecular flexibility index (Phi) is 16.5. The van der Waals surface area contributed by atoms with E-state index in [-0.39, 0.29) is 11.9 Å². The van der Waals surface area contributed by atoms with E-state index in [1.165, 1.54) is 12.5 Å². The lowest BCUT2D eigenvalue weighted by molar-refractivity contribution is 0.0350.